The lowest BCUT2D eigenvalue weighted by atomic mass is 10.1. The molecular weight excluding hydrogens is 456 g/mol. The van der Waals surface area contributed by atoms with E-state index in [0.29, 0.717) is 21.9 Å². The van der Waals surface area contributed by atoms with E-state index in [1.54, 1.807) is 76.4 Å². The van der Waals surface area contributed by atoms with Gasteiger partial charge >= 0.3 is 7.60 Å². The third-order valence-corrected chi connectivity index (χ3v) is 11.0. The second kappa shape index (κ2) is 10.8. The number of methoxy groups -OCH3 is 1. The molecule has 3 aromatic rings. The van der Waals surface area contributed by atoms with Gasteiger partial charge in [0.05, 0.1) is 20.3 Å². The van der Waals surface area contributed by atoms with E-state index in [1.807, 2.05) is 36.4 Å². The molecule has 0 aromatic heterocycles. The Morgan fingerprint density at radius 1 is 0.788 bits per heavy atom. The Morgan fingerprint density at radius 2 is 1.30 bits per heavy atom. The summed E-state index contributed by atoms with van der Waals surface area (Å²) < 4.78 is 46.1. The zero-order chi connectivity index (χ0) is 24.0. The van der Waals surface area contributed by atoms with E-state index in [9.17, 15) is 9.13 Å². The van der Waals surface area contributed by atoms with Crippen molar-refractivity contribution >= 4 is 25.5 Å². The normalized spacial score (nSPS) is 13.9. The van der Waals surface area contributed by atoms with Crippen LogP contribution in [-0.4, -0.2) is 20.3 Å². The van der Waals surface area contributed by atoms with Crippen molar-refractivity contribution in [3.8, 4) is 5.75 Å². The number of ether oxygens (including phenoxy) is 1. The number of hydrogen-bond acceptors (Lipinski definition) is 5. The first kappa shape index (κ1) is 25.4. The molecule has 0 aliphatic carbocycles. The van der Waals surface area contributed by atoms with Gasteiger partial charge in [-0.15, -0.1) is 0 Å². The smallest absolute Gasteiger partial charge is 0.355 e. The van der Waals surface area contributed by atoms with Crippen molar-refractivity contribution < 1.29 is 22.9 Å². The number of benzene rings is 3. The molecule has 0 unspecified atom stereocenters. The third-order valence-electron chi connectivity index (χ3n) is 5.39. The van der Waals surface area contributed by atoms with Gasteiger partial charge in [0.25, 0.3) is 0 Å². The van der Waals surface area contributed by atoms with Gasteiger partial charge < -0.3 is 13.8 Å². The van der Waals surface area contributed by atoms with Crippen LogP contribution in [0.15, 0.2) is 84.9 Å². The summed E-state index contributed by atoms with van der Waals surface area (Å²) >= 11 is 0. The SMILES string of the molecule is CCOP(=O)(OCC)[C@](C)(NP(=O)(c1ccccc1)c1ccccc1)c1cccc(OC)c1. The molecule has 1 atom stereocenters. The number of rotatable bonds is 11. The van der Waals surface area contributed by atoms with E-state index >= 15 is 0 Å². The van der Waals surface area contributed by atoms with E-state index in [0.717, 1.165) is 0 Å². The van der Waals surface area contributed by atoms with Crippen molar-refractivity contribution in [2.45, 2.75) is 26.1 Å². The van der Waals surface area contributed by atoms with Crippen molar-refractivity contribution in [1.82, 2.24) is 5.09 Å². The highest BCUT2D eigenvalue weighted by molar-refractivity contribution is 7.77. The maximum Gasteiger partial charge on any atom is 0.355 e. The summed E-state index contributed by atoms with van der Waals surface area (Å²) in [6.07, 6.45) is 0. The van der Waals surface area contributed by atoms with E-state index in [-0.39, 0.29) is 13.2 Å². The fourth-order valence-corrected chi connectivity index (χ4v) is 8.83. The number of hydrogen-bond donors (Lipinski definition) is 1. The van der Waals surface area contributed by atoms with Crippen molar-refractivity contribution in [2.75, 3.05) is 20.3 Å². The topological polar surface area (TPSA) is 73.9 Å². The van der Waals surface area contributed by atoms with E-state index in [4.69, 9.17) is 13.8 Å². The van der Waals surface area contributed by atoms with Gasteiger partial charge in [0.15, 0.2) is 0 Å². The molecule has 8 heteroatoms. The minimum Gasteiger partial charge on any atom is -0.497 e. The fourth-order valence-electron chi connectivity index (χ4n) is 3.71. The Bertz CT molecular complexity index is 1090. The van der Waals surface area contributed by atoms with Gasteiger partial charge in [0.2, 0.25) is 7.29 Å². The second-order valence-corrected chi connectivity index (χ2v) is 12.4. The molecule has 6 nitrogen and oxygen atoms in total. The predicted molar refractivity (Wildman–Crippen MR) is 134 cm³/mol. The summed E-state index contributed by atoms with van der Waals surface area (Å²) in [5.74, 6) is 0.578. The molecule has 0 radical (unpaired) electrons. The molecule has 3 rings (SSSR count). The molecule has 0 saturated carbocycles. The van der Waals surface area contributed by atoms with Gasteiger partial charge in [0, 0.05) is 10.6 Å². The van der Waals surface area contributed by atoms with Crippen LogP contribution in [0.4, 0.5) is 0 Å². The molecule has 0 aliphatic rings. The van der Waals surface area contributed by atoms with Gasteiger partial charge in [0.1, 0.15) is 11.0 Å². The standard InChI is InChI=1S/C25H31NO5P2/c1-5-30-33(28,31-6-2)25(3,21-14-13-15-22(20-21)29-4)26-32(27,23-16-9-7-10-17-23)24-18-11-8-12-19-24/h7-20H,5-6H2,1-4H3,(H,26,27)/t25-/m0/s1. The van der Waals surface area contributed by atoms with Crippen LogP contribution in [0.5, 0.6) is 5.75 Å². The van der Waals surface area contributed by atoms with Crippen molar-refractivity contribution in [2.24, 2.45) is 0 Å². The predicted octanol–water partition coefficient (Wildman–Crippen LogP) is 5.65. The molecule has 1 N–H and O–H groups in total. The Kier molecular flexibility index (Phi) is 8.33. The summed E-state index contributed by atoms with van der Waals surface area (Å²) in [4.78, 5) is 0. The molecule has 33 heavy (non-hydrogen) atoms. The average Bonchev–Trinajstić information content (AvgIpc) is 2.85. The Hall–Kier alpha value is -2.20. The molecule has 0 amide bonds. The van der Waals surface area contributed by atoms with Gasteiger partial charge in [-0.05, 0) is 62.7 Å². The lowest BCUT2D eigenvalue weighted by molar-refractivity contribution is 0.195. The zero-order valence-corrected chi connectivity index (χ0v) is 21.2. The monoisotopic (exact) mass is 487 g/mol. The molecule has 0 fully saturated rings. The summed E-state index contributed by atoms with van der Waals surface area (Å²) in [5, 5.41) is 3.03. The summed E-state index contributed by atoms with van der Waals surface area (Å²) in [5.41, 5.74) is 0.583. The Morgan fingerprint density at radius 3 is 1.76 bits per heavy atom. The van der Waals surface area contributed by atoms with Crippen LogP contribution in [0.3, 0.4) is 0 Å². The minimum absolute atomic E-state index is 0.166. The molecule has 0 bridgehead atoms. The lowest BCUT2D eigenvalue weighted by Gasteiger charge is -2.40. The highest BCUT2D eigenvalue weighted by Gasteiger charge is 2.52. The highest BCUT2D eigenvalue weighted by atomic mass is 31.2. The summed E-state index contributed by atoms with van der Waals surface area (Å²) in [7, 11) is -5.81. The zero-order valence-electron chi connectivity index (χ0n) is 19.4. The van der Waals surface area contributed by atoms with Crippen molar-refractivity contribution in [3.05, 3.63) is 90.5 Å². The average molecular weight is 487 g/mol. The van der Waals surface area contributed by atoms with Crippen LogP contribution < -0.4 is 20.4 Å². The first-order valence-corrected chi connectivity index (χ1v) is 14.1. The van der Waals surface area contributed by atoms with Crippen LogP contribution in [0, 0.1) is 0 Å². The van der Waals surface area contributed by atoms with Crippen LogP contribution >= 0.6 is 14.9 Å². The molecular formula is C25H31NO5P2. The molecule has 0 aliphatic heterocycles. The fraction of sp³-hybridized carbons (Fsp3) is 0.280. The Balaban J connectivity index is 2.29. The van der Waals surface area contributed by atoms with Gasteiger partial charge in [-0.2, -0.15) is 0 Å². The quantitative estimate of drug-likeness (QED) is 0.352. The van der Waals surface area contributed by atoms with E-state index < -0.39 is 20.2 Å². The third kappa shape index (κ3) is 5.16. The van der Waals surface area contributed by atoms with Gasteiger partial charge in [-0.1, -0.05) is 48.5 Å². The summed E-state index contributed by atoms with van der Waals surface area (Å²) in [6, 6.07) is 25.4. The van der Waals surface area contributed by atoms with Crippen LogP contribution in [-0.2, 0) is 23.5 Å². The van der Waals surface area contributed by atoms with Crippen LogP contribution in [0.25, 0.3) is 0 Å². The second-order valence-electron chi connectivity index (χ2n) is 7.53. The largest absolute Gasteiger partial charge is 0.497 e. The molecule has 0 heterocycles. The molecule has 0 saturated heterocycles. The first-order chi connectivity index (χ1) is 15.8. The highest BCUT2D eigenvalue weighted by Crippen LogP contribution is 2.66. The van der Waals surface area contributed by atoms with E-state index in [1.165, 1.54) is 0 Å². The maximum absolute atomic E-state index is 14.8. The minimum atomic E-state index is -3.87. The van der Waals surface area contributed by atoms with Crippen LogP contribution in [0.2, 0.25) is 0 Å². The van der Waals surface area contributed by atoms with E-state index in [2.05, 4.69) is 5.09 Å². The molecule has 0 spiro atoms. The maximum atomic E-state index is 14.8. The van der Waals surface area contributed by atoms with Crippen LogP contribution in [0.1, 0.15) is 26.3 Å². The van der Waals surface area contributed by atoms with Crippen molar-refractivity contribution in [1.29, 1.82) is 0 Å². The van der Waals surface area contributed by atoms with Gasteiger partial charge in [-0.3, -0.25) is 9.13 Å². The lowest BCUT2D eigenvalue weighted by Crippen LogP contribution is -2.43. The summed E-state index contributed by atoms with van der Waals surface area (Å²) in [6.45, 7) is 5.56. The Labute approximate surface area is 196 Å². The number of nitrogens with one attached hydrogen (secondary N) is 1. The molecule has 176 valence electrons. The van der Waals surface area contributed by atoms with Crippen molar-refractivity contribution in [3.63, 3.8) is 0 Å². The first-order valence-electron chi connectivity index (χ1n) is 10.9. The van der Waals surface area contributed by atoms with Gasteiger partial charge in [-0.25, -0.2) is 5.09 Å². The molecule has 3 aromatic carbocycles.